The lowest BCUT2D eigenvalue weighted by atomic mass is 10.1. The Hall–Kier alpha value is -3.35. The Labute approximate surface area is 152 Å². The summed E-state index contributed by atoms with van der Waals surface area (Å²) in [6, 6.07) is 11.6. The van der Waals surface area contributed by atoms with Gasteiger partial charge in [0.2, 0.25) is 5.95 Å². The van der Waals surface area contributed by atoms with Gasteiger partial charge in [0.15, 0.2) is 17.3 Å². The second kappa shape index (κ2) is 7.69. The van der Waals surface area contributed by atoms with Crippen LogP contribution >= 0.6 is 0 Å². The van der Waals surface area contributed by atoms with Crippen LogP contribution in [0.1, 0.15) is 11.1 Å². The van der Waals surface area contributed by atoms with Gasteiger partial charge >= 0.3 is 0 Å². The van der Waals surface area contributed by atoms with Gasteiger partial charge < -0.3 is 20.1 Å². The molecule has 0 aliphatic carbocycles. The topological polar surface area (TPSA) is 81.2 Å². The van der Waals surface area contributed by atoms with Gasteiger partial charge in [0.25, 0.3) is 0 Å². The van der Waals surface area contributed by atoms with E-state index in [9.17, 15) is 0 Å². The van der Waals surface area contributed by atoms with Crippen LogP contribution in [0.2, 0.25) is 0 Å². The summed E-state index contributed by atoms with van der Waals surface area (Å²) < 4.78 is 10.5. The van der Waals surface area contributed by atoms with Crippen molar-refractivity contribution in [2.24, 2.45) is 0 Å². The summed E-state index contributed by atoms with van der Waals surface area (Å²) in [5, 5.41) is 14.4. The molecule has 0 saturated heterocycles. The highest BCUT2D eigenvalue weighted by Crippen LogP contribution is 2.30. The zero-order valence-corrected chi connectivity index (χ0v) is 15.2. The molecule has 0 amide bonds. The number of benzene rings is 2. The van der Waals surface area contributed by atoms with Crippen LogP contribution in [-0.4, -0.2) is 29.4 Å². The molecule has 0 radical (unpaired) electrons. The minimum absolute atomic E-state index is 0.382. The minimum atomic E-state index is 0.382. The molecule has 3 rings (SSSR count). The molecule has 1 aromatic heterocycles. The summed E-state index contributed by atoms with van der Waals surface area (Å²) in [5.74, 6) is 2.27. The van der Waals surface area contributed by atoms with Crippen LogP contribution in [0.3, 0.4) is 0 Å². The normalized spacial score (nSPS) is 10.3. The lowest BCUT2D eigenvalue weighted by Gasteiger charge is -2.12. The fourth-order valence-corrected chi connectivity index (χ4v) is 2.48. The Balaban J connectivity index is 1.80. The van der Waals surface area contributed by atoms with Gasteiger partial charge in [0, 0.05) is 17.4 Å². The Morgan fingerprint density at radius 2 is 1.73 bits per heavy atom. The number of nitrogens with zero attached hydrogens (tertiary/aromatic N) is 3. The molecule has 26 heavy (non-hydrogen) atoms. The third-order valence-corrected chi connectivity index (χ3v) is 4.07. The van der Waals surface area contributed by atoms with Crippen LogP contribution < -0.4 is 20.1 Å². The molecule has 3 aromatic rings. The predicted octanol–water partition coefficient (Wildman–Crippen LogP) is 3.99. The Morgan fingerprint density at radius 3 is 2.50 bits per heavy atom. The summed E-state index contributed by atoms with van der Waals surface area (Å²) in [6.45, 7) is 4.14. The van der Waals surface area contributed by atoms with E-state index in [0.717, 1.165) is 11.4 Å². The minimum Gasteiger partial charge on any atom is -0.493 e. The number of anilines is 4. The fraction of sp³-hybridized carbons (Fsp3) is 0.211. The third-order valence-electron chi connectivity index (χ3n) is 4.07. The van der Waals surface area contributed by atoms with Crippen molar-refractivity contribution < 1.29 is 9.47 Å². The van der Waals surface area contributed by atoms with Crippen LogP contribution in [0.25, 0.3) is 0 Å². The molecule has 0 saturated carbocycles. The molecule has 0 aliphatic rings. The maximum atomic E-state index is 5.31. The number of nitrogens with one attached hydrogen (secondary N) is 2. The number of hydrogen-bond donors (Lipinski definition) is 2. The third kappa shape index (κ3) is 3.83. The molecule has 7 heteroatoms. The van der Waals surface area contributed by atoms with Gasteiger partial charge in [-0.3, -0.25) is 0 Å². The van der Waals surface area contributed by atoms with Gasteiger partial charge in [-0.05, 0) is 43.2 Å². The summed E-state index contributed by atoms with van der Waals surface area (Å²) >= 11 is 0. The first-order valence-electron chi connectivity index (χ1n) is 8.12. The Morgan fingerprint density at radius 1 is 0.923 bits per heavy atom. The van der Waals surface area contributed by atoms with E-state index in [-0.39, 0.29) is 0 Å². The van der Waals surface area contributed by atoms with E-state index >= 15 is 0 Å². The Bertz CT molecular complexity index is 914. The number of methoxy groups -OCH3 is 2. The van der Waals surface area contributed by atoms with Crippen molar-refractivity contribution in [1.82, 2.24) is 15.2 Å². The van der Waals surface area contributed by atoms with Crippen LogP contribution in [0.15, 0.2) is 42.6 Å². The number of rotatable bonds is 6. The highest BCUT2D eigenvalue weighted by atomic mass is 16.5. The molecule has 7 nitrogen and oxygen atoms in total. The van der Waals surface area contributed by atoms with Crippen molar-refractivity contribution in [3.63, 3.8) is 0 Å². The first-order valence-corrected chi connectivity index (χ1v) is 8.12. The maximum Gasteiger partial charge on any atom is 0.249 e. The lowest BCUT2D eigenvalue weighted by molar-refractivity contribution is 0.355. The van der Waals surface area contributed by atoms with Crippen molar-refractivity contribution >= 4 is 23.1 Å². The van der Waals surface area contributed by atoms with Crippen molar-refractivity contribution in [2.45, 2.75) is 13.8 Å². The van der Waals surface area contributed by atoms with E-state index in [1.165, 1.54) is 11.1 Å². The molecule has 0 unspecified atom stereocenters. The molecule has 2 aromatic carbocycles. The van der Waals surface area contributed by atoms with Crippen molar-refractivity contribution in [3.8, 4) is 11.5 Å². The Kier molecular flexibility index (Phi) is 5.17. The number of ether oxygens (including phenoxy) is 2. The van der Waals surface area contributed by atoms with E-state index in [1.54, 1.807) is 20.4 Å². The first-order chi connectivity index (χ1) is 12.6. The predicted molar refractivity (Wildman–Crippen MR) is 102 cm³/mol. The molecule has 1 heterocycles. The number of hydrogen-bond acceptors (Lipinski definition) is 7. The zero-order chi connectivity index (χ0) is 18.5. The summed E-state index contributed by atoms with van der Waals surface area (Å²) in [5.41, 5.74) is 4.14. The molecular formula is C19H21N5O2. The second-order valence-corrected chi connectivity index (χ2v) is 5.73. The summed E-state index contributed by atoms with van der Waals surface area (Å²) in [6.07, 6.45) is 1.58. The lowest BCUT2D eigenvalue weighted by Crippen LogP contribution is -2.03. The van der Waals surface area contributed by atoms with Gasteiger partial charge in [0.1, 0.15) is 0 Å². The van der Waals surface area contributed by atoms with E-state index in [0.29, 0.717) is 23.3 Å². The van der Waals surface area contributed by atoms with Crippen LogP contribution in [0.4, 0.5) is 23.1 Å². The van der Waals surface area contributed by atoms with Gasteiger partial charge in [-0.25, -0.2) is 0 Å². The SMILES string of the molecule is COc1ccc(Nc2nncc(Nc3cccc(C)c3C)n2)cc1OC. The number of aryl methyl sites for hydroxylation is 1. The van der Waals surface area contributed by atoms with E-state index < -0.39 is 0 Å². The van der Waals surface area contributed by atoms with E-state index in [2.05, 4.69) is 45.7 Å². The molecule has 0 spiro atoms. The van der Waals surface area contributed by atoms with Crippen molar-refractivity contribution in [1.29, 1.82) is 0 Å². The molecule has 2 N–H and O–H groups in total. The molecule has 0 atom stereocenters. The van der Waals surface area contributed by atoms with Gasteiger partial charge in [-0.15, -0.1) is 5.10 Å². The highest BCUT2D eigenvalue weighted by molar-refractivity contribution is 5.63. The fourth-order valence-electron chi connectivity index (χ4n) is 2.48. The largest absolute Gasteiger partial charge is 0.493 e. The van der Waals surface area contributed by atoms with Gasteiger partial charge in [-0.1, -0.05) is 12.1 Å². The standard InChI is InChI=1S/C19H21N5O2/c1-12-6-5-7-15(13(12)2)22-18-11-20-24-19(23-18)21-14-8-9-16(25-3)17(10-14)26-4/h5-11H,1-4H3,(H2,21,22,23,24). The van der Waals surface area contributed by atoms with Crippen molar-refractivity contribution in [3.05, 3.63) is 53.7 Å². The molecule has 0 fully saturated rings. The molecular weight excluding hydrogens is 330 g/mol. The van der Waals surface area contributed by atoms with Gasteiger partial charge in [0.05, 0.1) is 20.4 Å². The van der Waals surface area contributed by atoms with Crippen LogP contribution in [-0.2, 0) is 0 Å². The molecule has 0 aliphatic heterocycles. The van der Waals surface area contributed by atoms with E-state index in [4.69, 9.17) is 9.47 Å². The second-order valence-electron chi connectivity index (χ2n) is 5.73. The average molecular weight is 351 g/mol. The quantitative estimate of drug-likeness (QED) is 0.695. The van der Waals surface area contributed by atoms with Crippen LogP contribution in [0.5, 0.6) is 11.5 Å². The smallest absolute Gasteiger partial charge is 0.249 e. The first kappa shape index (κ1) is 17.5. The maximum absolute atomic E-state index is 5.31. The molecule has 0 bridgehead atoms. The summed E-state index contributed by atoms with van der Waals surface area (Å²) in [4.78, 5) is 4.46. The van der Waals surface area contributed by atoms with Crippen molar-refractivity contribution in [2.75, 3.05) is 24.9 Å². The summed E-state index contributed by atoms with van der Waals surface area (Å²) in [7, 11) is 3.19. The zero-order valence-electron chi connectivity index (χ0n) is 15.2. The highest BCUT2D eigenvalue weighted by Gasteiger charge is 2.08. The van der Waals surface area contributed by atoms with Crippen LogP contribution in [0, 0.1) is 13.8 Å². The van der Waals surface area contributed by atoms with E-state index in [1.807, 2.05) is 30.3 Å². The number of aromatic nitrogens is 3. The molecule has 134 valence electrons. The van der Waals surface area contributed by atoms with Gasteiger partial charge in [-0.2, -0.15) is 10.1 Å². The monoisotopic (exact) mass is 351 g/mol. The average Bonchev–Trinajstić information content (AvgIpc) is 2.65.